The number of fused-ring (bicyclic) bond motifs is 3. The number of ether oxygens (including phenoxy) is 1. The van der Waals surface area contributed by atoms with E-state index in [1.807, 2.05) is 42.0 Å². The molecule has 2 atom stereocenters. The lowest BCUT2D eigenvalue weighted by molar-refractivity contribution is -0.0386. The summed E-state index contributed by atoms with van der Waals surface area (Å²) >= 11 is 1.48. The average molecular weight is 500 g/mol. The summed E-state index contributed by atoms with van der Waals surface area (Å²) in [5.74, 6) is -0.243. The van der Waals surface area contributed by atoms with E-state index in [9.17, 15) is 14.7 Å². The molecule has 3 aromatic rings. The molecular formula is C24H29N5O5S. The quantitative estimate of drug-likeness (QED) is 0.570. The van der Waals surface area contributed by atoms with E-state index in [-0.39, 0.29) is 37.2 Å². The lowest BCUT2D eigenvalue weighted by Gasteiger charge is -2.55. The lowest BCUT2D eigenvalue weighted by Crippen LogP contribution is -2.70. The number of hydrogen-bond donors (Lipinski definition) is 1. The predicted octanol–water partition coefficient (Wildman–Crippen LogP) is 3.21. The molecule has 2 aromatic heterocycles. The van der Waals surface area contributed by atoms with Gasteiger partial charge >= 0.3 is 6.09 Å². The summed E-state index contributed by atoms with van der Waals surface area (Å²) in [6.45, 7) is 6.82. The maximum Gasteiger partial charge on any atom is 0.410 e. The predicted molar refractivity (Wildman–Crippen MR) is 132 cm³/mol. The number of nitrogens with zero attached hydrogens (tertiary/aromatic N) is 5. The van der Waals surface area contributed by atoms with Crippen LogP contribution in [0.15, 0.2) is 28.1 Å². The normalized spacial score (nSPS) is 19.6. The van der Waals surface area contributed by atoms with Crippen molar-refractivity contribution in [2.75, 3.05) is 38.2 Å². The van der Waals surface area contributed by atoms with E-state index in [2.05, 4.69) is 4.98 Å². The molecule has 3 saturated heterocycles. The van der Waals surface area contributed by atoms with E-state index in [4.69, 9.17) is 14.1 Å². The first-order valence-electron chi connectivity index (χ1n) is 11.6. The summed E-state index contributed by atoms with van der Waals surface area (Å²) in [6, 6.07) is 4.03. The topological polar surface area (TPSA) is 112 Å². The summed E-state index contributed by atoms with van der Waals surface area (Å²) in [4.78, 5) is 40.1. The second kappa shape index (κ2) is 8.80. The minimum absolute atomic E-state index is 0.0221. The molecule has 5 heterocycles. The van der Waals surface area contributed by atoms with Crippen LogP contribution < -0.4 is 4.90 Å². The van der Waals surface area contributed by atoms with Gasteiger partial charge in [-0.25, -0.2) is 9.78 Å². The minimum atomic E-state index is -0.542. The van der Waals surface area contributed by atoms with Gasteiger partial charge in [0.15, 0.2) is 5.58 Å². The molecule has 0 aliphatic carbocycles. The zero-order chi connectivity index (χ0) is 24.9. The lowest BCUT2D eigenvalue weighted by atomic mass is 9.88. The van der Waals surface area contributed by atoms with Crippen molar-refractivity contribution in [1.29, 1.82) is 0 Å². The number of aromatic nitrogens is 2. The molecule has 10 nitrogen and oxygen atoms in total. The SMILES string of the molecule is CN(CCO)C(=O)c1ccc(-c2nccs2)c2oc(N3CC4CC(C3)N4C(=O)OC(C)(C)C)nc12. The highest BCUT2D eigenvalue weighted by atomic mass is 32.1. The van der Waals surface area contributed by atoms with Crippen LogP contribution in [0.5, 0.6) is 0 Å². The van der Waals surface area contributed by atoms with Crippen LogP contribution in [0, 0.1) is 0 Å². The fourth-order valence-corrected chi connectivity index (χ4v) is 5.32. The van der Waals surface area contributed by atoms with Crippen LogP contribution >= 0.6 is 11.3 Å². The van der Waals surface area contributed by atoms with Crippen molar-refractivity contribution in [3.8, 4) is 10.6 Å². The molecule has 2 bridgehead atoms. The Balaban J connectivity index is 1.46. The zero-order valence-electron chi connectivity index (χ0n) is 20.2. The third-order valence-electron chi connectivity index (χ3n) is 6.28. The third-order valence-corrected chi connectivity index (χ3v) is 7.08. The third kappa shape index (κ3) is 4.34. The maximum atomic E-state index is 13.1. The highest BCUT2D eigenvalue weighted by Gasteiger charge is 2.49. The van der Waals surface area contributed by atoms with Gasteiger partial charge in [0.2, 0.25) is 0 Å². The van der Waals surface area contributed by atoms with Gasteiger partial charge in [-0.05, 0) is 39.3 Å². The average Bonchev–Trinajstić information content (AvgIpc) is 3.47. The number of benzene rings is 1. The van der Waals surface area contributed by atoms with Crippen molar-refractivity contribution < 1.29 is 23.8 Å². The number of piperazine rings is 1. The molecule has 11 heteroatoms. The summed E-state index contributed by atoms with van der Waals surface area (Å²) in [6.07, 6.45) is 2.35. The molecule has 3 fully saturated rings. The number of hydrogen-bond acceptors (Lipinski definition) is 9. The van der Waals surface area contributed by atoms with Gasteiger partial charge < -0.3 is 24.1 Å². The van der Waals surface area contributed by atoms with Gasteiger partial charge in [0.1, 0.15) is 16.1 Å². The van der Waals surface area contributed by atoms with E-state index >= 15 is 0 Å². The maximum absolute atomic E-state index is 13.1. The molecular weight excluding hydrogens is 470 g/mol. The molecule has 35 heavy (non-hydrogen) atoms. The van der Waals surface area contributed by atoms with Crippen LogP contribution in [0.3, 0.4) is 0 Å². The van der Waals surface area contributed by atoms with E-state index < -0.39 is 5.60 Å². The van der Waals surface area contributed by atoms with Crippen molar-refractivity contribution in [2.45, 2.75) is 44.9 Å². The van der Waals surface area contributed by atoms with Crippen LogP contribution in [-0.2, 0) is 4.74 Å². The first-order valence-corrected chi connectivity index (χ1v) is 12.5. The Labute approximate surface area is 207 Å². The second-order valence-electron chi connectivity index (χ2n) is 9.96. The van der Waals surface area contributed by atoms with Crippen LogP contribution in [0.1, 0.15) is 37.6 Å². The summed E-state index contributed by atoms with van der Waals surface area (Å²) < 4.78 is 11.8. The molecule has 186 valence electrons. The molecule has 2 amide bonds. The smallest absolute Gasteiger partial charge is 0.410 e. The fourth-order valence-electron chi connectivity index (χ4n) is 4.66. The molecule has 3 aliphatic rings. The number of likely N-dealkylation sites (N-methyl/N-ethyl adjacent to an activating group) is 1. The van der Waals surface area contributed by atoms with Crippen molar-refractivity contribution >= 4 is 40.5 Å². The first-order chi connectivity index (χ1) is 16.7. The fraction of sp³-hybridized carbons (Fsp3) is 0.500. The molecule has 0 saturated carbocycles. The summed E-state index contributed by atoms with van der Waals surface area (Å²) in [5.41, 5.74) is 1.60. The van der Waals surface area contributed by atoms with Gasteiger partial charge in [0.25, 0.3) is 11.9 Å². The zero-order valence-corrected chi connectivity index (χ0v) is 21.0. The molecule has 6 rings (SSSR count). The van der Waals surface area contributed by atoms with Gasteiger partial charge in [-0.15, -0.1) is 11.3 Å². The monoisotopic (exact) mass is 499 g/mol. The van der Waals surface area contributed by atoms with Crippen LogP contribution in [-0.4, -0.2) is 87.8 Å². The van der Waals surface area contributed by atoms with Gasteiger partial charge in [-0.2, -0.15) is 4.98 Å². The van der Waals surface area contributed by atoms with E-state index in [0.717, 1.165) is 17.0 Å². The molecule has 3 aliphatic heterocycles. The van der Waals surface area contributed by atoms with Crippen LogP contribution in [0.4, 0.5) is 10.8 Å². The Bertz CT molecular complexity index is 1240. The number of aliphatic hydroxyl groups is 1. The Morgan fingerprint density at radius 2 is 2.03 bits per heavy atom. The minimum Gasteiger partial charge on any atom is -0.444 e. The number of oxazole rings is 1. The molecule has 2 unspecified atom stereocenters. The number of thiazole rings is 1. The van der Waals surface area contributed by atoms with Gasteiger partial charge in [0.05, 0.1) is 29.8 Å². The molecule has 0 radical (unpaired) electrons. The highest BCUT2D eigenvalue weighted by molar-refractivity contribution is 7.13. The number of piperidine rings is 1. The Kier molecular flexibility index (Phi) is 5.92. The van der Waals surface area contributed by atoms with Crippen LogP contribution in [0.25, 0.3) is 21.7 Å². The van der Waals surface area contributed by atoms with Crippen molar-refractivity contribution in [1.82, 2.24) is 19.8 Å². The first kappa shape index (κ1) is 23.6. The van der Waals surface area contributed by atoms with Crippen molar-refractivity contribution in [2.24, 2.45) is 0 Å². The van der Waals surface area contributed by atoms with E-state index in [0.29, 0.717) is 35.8 Å². The largest absolute Gasteiger partial charge is 0.444 e. The van der Waals surface area contributed by atoms with Crippen molar-refractivity contribution in [3.63, 3.8) is 0 Å². The Morgan fingerprint density at radius 3 is 2.66 bits per heavy atom. The summed E-state index contributed by atoms with van der Waals surface area (Å²) in [5, 5.41) is 11.9. The second-order valence-corrected chi connectivity index (χ2v) is 10.9. The van der Waals surface area contributed by atoms with E-state index in [1.165, 1.54) is 16.2 Å². The van der Waals surface area contributed by atoms with Gasteiger partial charge in [-0.3, -0.25) is 9.69 Å². The standard InChI is InChI=1S/C24H29N5O5S/c1-24(2,3)34-23(32)29-14-11-15(29)13-28(12-14)22-26-18-16(21(31)27(4)8-9-30)5-6-17(19(18)33-22)20-25-7-10-35-20/h5-7,10,14-15,30H,8-9,11-13H2,1-4H3. The number of carbonyl (C=O) groups is 2. The van der Waals surface area contributed by atoms with Gasteiger partial charge in [0, 0.05) is 38.3 Å². The number of amides is 2. The summed E-state index contributed by atoms with van der Waals surface area (Å²) in [7, 11) is 1.64. The Morgan fingerprint density at radius 1 is 1.29 bits per heavy atom. The molecule has 1 aromatic carbocycles. The molecule has 1 N–H and O–H groups in total. The highest BCUT2D eigenvalue weighted by Crippen LogP contribution is 2.39. The number of carbonyl (C=O) groups excluding carboxylic acids is 2. The van der Waals surface area contributed by atoms with Crippen LogP contribution in [0.2, 0.25) is 0 Å². The molecule has 0 spiro atoms. The number of aliphatic hydroxyl groups excluding tert-OH is 1. The van der Waals surface area contributed by atoms with Crippen molar-refractivity contribution in [3.05, 3.63) is 29.3 Å². The van der Waals surface area contributed by atoms with E-state index in [1.54, 1.807) is 19.3 Å². The number of anilines is 1. The Hall–Kier alpha value is -3.18. The number of rotatable bonds is 5. The van der Waals surface area contributed by atoms with Gasteiger partial charge in [-0.1, -0.05) is 0 Å².